The lowest BCUT2D eigenvalue weighted by Crippen LogP contribution is -2.67. The van der Waals surface area contributed by atoms with Crippen LogP contribution in [-0.2, 0) is 51.6 Å². The lowest BCUT2D eigenvalue weighted by atomic mass is 9.86. The number of fused-ring (bicyclic) bond motifs is 1. The number of nitrogens with zero attached hydrogens (tertiary/aromatic N) is 1. The Morgan fingerprint density at radius 1 is 0.577 bits per heavy atom. The summed E-state index contributed by atoms with van der Waals surface area (Å²) in [5.74, 6) is 0. The Hall–Kier alpha value is -4.60. The van der Waals surface area contributed by atoms with Crippen molar-refractivity contribution in [3.8, 4) is 0 Å². The molecule has 7 nitrogen and oxygen atoms in total. The largest absolute Gasteiger partial charge is 0.393 e. The number of hydrogen-bond acceptors (Lipinski definition) is 6. The van der Waals surface area contributed by atoms with E-state index in [9.17, 15) is 10.2 Å². The fourth-order valence-corrected chi connectivity index (χ4v) is 7.17. The minimum Gasteiger partial charge on any atom is -0.393 e. The highest BCUT2D eigenvalue weighted by atomic mass is 16.6. The molecule has 0 unspecified atom stereocenters. The van der Waals surface area contributed by atoms with E-state index in [0.717, 1.165) is 46.0 Å². The van der Waals surface area contributed by atoms with Gasteiger partial charge < -0.3 is 33.7 Å². The van der Waals surface area contributed by atoms with Gasteiger partial charge in [-0.05, 0) is 52.3 Å². The minimum absolute atomic E-state index is 0.227. The summed E-state index contributed by atoms with van der Waals surface area (Å²) in [6.07, 6.45) is 0.704. The number of aliphatic hydroxyl groups is 2. The van der Waals surface area contributed by atoms with E-state index in [2.05, 4.69) is 54.1 Å². The zero-order valence-electron chi connectivity index (χ0n) is 29.6. The summed E-state index contributed by atoms with van der Waals surface area (Å²) < 4.78 is 29.5. The average molecular weight is 698 g/mol. The molecule has 1 aliphatic heterocycles. The van der Waals surface area contributed by atoms with Gasteiger partial charge in [0.1, 0.15) is 23.9 Å². The van der Waals surface area contributed by atoms with Crippen molar-refractivity contribution in [2.45, 2.75) is 69.7 Å². The molecule has 268 valence electrons. The minimum atomic E-state index is -1.52. The molecule has 6 aromatic rings. The van der Waals surface area contributed by atoms with Gasteiger partial charge >= 0.3 is 0 Å². The molecule has 1 saturated heterocycles. The van der Waals surface area contributed by atoms with Crippen molar-refractivity contribution >= 4 is 10.9 Å². The highest BCUT2D eigenvalue weighted by Gasteiger charge is 2.57. The third-order valence-electron chi connectivity index (χ3n) is 10.1. The van der Waals surface area contributed by atoms with Crippen LogP contribution in [0.3, 0.4) is 0 Å². The second kappa shape index (κ2) is 16.8. The molecule has 52 heavy (non-hydrogen) atoms. The van der Waals surface area contributed by atoms with Crippen LogP contribution in [0.15, 0.2) is 146 Å². The van der Waals surface area contributed by atoms with E-state index >= 15 is 0 Å². The molecule has 7 heteroatoms. The molecule has 0 radical (unpaired) electrons. The Morgan fingerprint density at radius 2 is 1.08 bits per heavy atom. The topological polar surface area (TPSA) is 82.3 Å². The molecule has 1 aromatic heterocycles. The normalized spacial score (nSPS) is 19.9. The molecule has 1 aliphatic rings. The van der Waals surface area contributed by atoms with Crippen molar-refractivity contribution in [1.82, 2.24) is 4.57 Å². The third kappa shape index (κ3) is 7.91. The summed E-state index contributed by atoms with van der Waals surface area (Å²) in [6.45, 7) is 1.97. The van der Waals surface area contributed by atoms with Gasteiger partial charge in [-0.3, -0.25) is 0 Å². The van der Waals surface area contributed by atoms with Crippen LogP contribution in [0.1, 0.15) is 46.5 Å². The number of aryl methyl sites for hydroxylation is 1. The Morgan fingerprint density at radius 3 is 1.63 bits per heavy atom. The molecule has 0 bridgehead atoms. The Balaban J connectivity index is 1.33. The first-order chi connectivity index (χ1) is 25.6. The van der Waals surface area contributed by atoms with Gasteiger partial charge in [0.25, 0.3) is 0 Å². The monoisotopic (exact) mass is 697 g/mol. The predicted octanol–water partition coefficient (Wildman–Crippen LogP) is 7.80. The van der Waals surface area contributed by atoms with Gasteiger partial charge in [-0.2, -0.15) is 0 Å². The number of para-hydroxylation sites is 1. The van der Waals surface area contributed by atoms with Crippen LogP contribution >= 0.6 is 0 Å². The van der Waals surface area contributed by atoms with Crippen LogP contribution < -0.4 is 0 Å². The molecule has 0 saturated carbocycles. The maximum Gasteiger partial charge on any atom is 0.164 e. The van der Waals surface area contributed by atoms with E-state index in [1.165, 1.54) is 11.1 Å². The first kappa shape index (κ1) is 35.8. The quantitative estimate of drug-likeness (QED) is 0.114. The standard InChI is InChI=1S/C45H47NO6/c1-2-33-22-24-34(25-23-33)26-38-27-46(40-21-13-12-20-39(38)40)44-42(50-29-36-16-8-4-9-17-36)41(49-28-35-14-6-3-7-15-35)43(45(31-47,32-48)52-44)51-30-37-18-10-5-11-19-37/h3-25,27,41-44,47-48H,2,26,28-32H2,1H3/t41-,42-,43+,44-/m1/s1. The lowest BCUT2D eigenvalue weighted by Gasteiger charge is -2.52. The van der Waals surface area contributed by atoms with Crippen molar-refractivity contribution in [2.75, 3.05) is 13.2 Å². The summed E-state index contributed by atoms with van der Waals surface area (Å²) in [5, 5.41) is 23.4. The van der Waals surface area contributed by atoms with Crippen molar-refractivity contribution in [3.05, 3.63) is 179 Å². The van der Waals surface area contributed by atoms with E-state index in [0.29, 0.717) is 6.61 Å². The first-order valence-corrected chi connectivity index (χ1v) is 18.1. The lowest BCUT2D eigenvalue weighted by molar-refractivity contribution is -0.331. The molecule has 0 aliphatic carbocycles. The zero-order valence-corrected chi connectivity index (χ0v) is 29.6. The maximum absolute atomic E-state index is 11.2. The van der Waals surface area contributed by atoms with Gasteiger partial charge in [-0.25, -0.2) is 0 Å². The third-order valence-corrected chi connectivity index (χ3v) is 10.1. The van der Waals surface area contributed by atoms with Gasteiger partial charge in [0, 0.05) is 11.6 Å². The van der Waals surface area contributed by atoms with Gasteiger partial charge in [0.2, 0.25) is 0 Å². The maximum atomic E-state index is 11.2. The smallest absolute Gasteiger partial charge is 0.164 e. The van der Waals surface area contributed by atoms with E-state index in [-0.39, 0.29) is 13.2 Å². The second-order valence-electron chi connectivity index (χ2n) is 13.6. The van der Waals surface area contributed by atoms with Crippen LogP contribution in [0.25, 0.3) is 10.9 Å². The first-order valence-electron chi connectivity index (χ1n) is 18.1. The number of aromatic nitrogens is 1. The van der Waals surface area contributed by atoms with Crippen LogP contribution in [0.5, 0.6) is 0 Å². The summed E-state index contributed by atoms with van der Waals surface area (Å²) >= 11 is 0. The highest BCUT2D eigenvalue weighted by Crippen LogP contribution is 2.43. The van der Waals surface area contributed by atoms with E-state index < -0.39 is 43.4 Å². The van der Waals surface area contributed by atoms with Gasteiger partial charge in [-0.1, -0.05) is 140 Å². The van der Waals surface area contributed by atoms with Crippen molar-refractivity contribution in [1.29, 1.82) is 0 Å². The molecule has 7 rings (SSSR count). The molecule has 5 aromatic carbocycles. The van der Waals surface area contributed by atoms with E-state index in [1.54, 1.807) is 0 Å². The average Bonchev–Trinajstić information content (AvgIpc) is 3.57. The Labute approximate surface area is 306 Å². The molecular formula is C45H47NO6. The molecule has 1 fully saturated rings. The molecule has 4 atom stereocenters. The van der Waals surface area contributed by atoms with Crippen LogP contribution in [0, 0.1) is 0 Å². The Bertz CT molecular complexity index is 1980. The number of hydrogen-bond donors (Lipinski definition) is 2. The van der Waals surface area contributed by atoms with Crippen LogP contribution in [0.4, 0.5) is 0 Å². The molecule has 0 amide bonds. The Kier molecular flexibility index (Phi) is 11.6. The molecule has 2 N–H and O–H groups in total. The van der Waals surface area contributed by atoms with E-state index in [4.69, 9.17) is 18.9 Å². The SMILES string of the molecule is CCc1ccc(Cc2cn([C@@H]3OC(CO)(CO)[C@@H](OCc4ccccc4)[C@H](OCc4ccccc4)[C@H]3OCc3ccccc3)c3ccccc23)cc1. The summed E-state index contributed by atoms with van der Waals surface area (Å²) in [7, 11) is 0. The number of rotatable bonds is 15. The molecule has 0 spiro atoms. The van der Waals surface area contributed by atoms with Crippen molar-refractivity contribution < 1.29 is 29.2 Å². The van der Waals surface area contributed by atoms with Crippen molar-refractivity contribution in [2.24, 2.45) is 0 Å². The van der Waals surface area contributed by atoms with Gasteiger partial charge in [0.15, 0.2) is 6.23 Å². The number of ether oxygens (including phenoxy) is 4. The number of aliphatic hydroxyl groups excluding tert-OH is 2. The van der Waals surface area contributed by atoms with Gasteiger partial charge in [-0.15, -0.1) is 0 Å². The second-order valence-corrected chi connectivity index (χ2v) is 13.6. The van der Waals surface area contributed by atoms with Crippen molar-refractivity contribution in [3.63, 3.8) is 0 Å². The fourth-order valence-electron chi connectivity index (χ4n) is 7.17. The molecule has 2 heterocycles. The van der Waals surface area contributed by atoms with Crippen LogP contribution in [-0.4, -0.2) is 51.9 Å². The number of benzene rings is 5. The molecular weight excluding hydrogens is 650 g/mol. The zero-order chi connectivity index (χ0) is 35.8. The van der Waals surface area contributed by atoms with E-state index in [1.807, 2.05) is 103 Å². The highest BCUT2D eigenvalue weighted by molar-refractivity contribution is 5.84. The summed E-state index contributed by atoms with van der Waals surface area (Å²) in [5.41, 5.74) is 6.01. The summed E-state index contributed by atoms with van der Waals surface area (Å²) in [4.78, 5) is 0. The summed E-state index contributed by atoms with van der Waals surface area (Å²) in [6, 6.07) is 46.9. The van der Waals surface area contributed by atoms with Gasteiger partial charge in [0.05, 0.1) is 38.6 Å². The fraction of sp³-hybridized carbons (Fsp3) is 0.289. The predicted molar refractivity (Wildman–Crippen MR) is 203 cm³/mol. The van der Waals surface area contributed by atoms with Crippen LogP contribution in [0.2, 0.25) is 0 Å².